The van der Waals surface area contributed by atoms with E-state index < -0.39 is 23.4 Å². The second kappa shape index (κ2) is 7.96. The lowest BCUT2D eigenvalue weighted by Crippen LogP contribution is -2.08. The molecule has 0 spiro atoms. The van der Waals surface area contributed by atoms with Gasteiger partial charge in [0.2, 0.25) is 0 Å². The molecule has 9 heteroatoms. The fraction of sp³-hybridized carbons (Fsp3) is 0.118. The van der Waals surface area contributed by atoms with Crippen LogP contribution in [0.2, 0.25) is 0 Å². The number of hydrogen-bond donors (Lipinski definition) is 1. The van der Waals surface area contributed by atoms with Crippen molar-refractivity contribution in [3.63, 3.8) is 0 Å². The van der Waals surface area contributed by atoms with Crippen molar-refractivity contribution < 1.29 is 21.6 Å². The van der Waals surface area contributed by atoms with Crippen LogP contribution < -0.4 is 5.73 Å². The van der Waals surface area contributed by atoms with Crippen LogP contribution in [0.1, 0.15) is 11.3 Å². The highest BCUT2D eigenvalue weighted by Gasteiger charge is 2.38. The highest BCUT2D eigenvalue weighted by Crippen LogP contribution is 2.37. The van der Waals surface area contributed by atoms with Gasteiger partial charge in [-0.2, -0.15) is 26.7 Å². The van der Waals surface area contributed by atoms with Gasteiger partial charge >= 0.3 is 17.7 Å². The Hall–Kier alpha value is -2.94. The minimum Gasteiger partial charge on any atom is -0.399 e. The van der Waals surface area contributed by atoms with Crippen molar-refractivity contribution in [2.45, 2.75) is 13.1 Å². The molecule has 0 saturated heterocycles. The smallest absolute Gasteiger partial charge is 0.399 e. The lowest BCUT2D eigenvalue weighted by Gasteiger charge is -2.09. The maximum absolute atomic E-state index is 13.2. The summed E-state index contributed by atoms with van der Waals surface area (Å²) in [7, 11) is 0. The Morgan fingerprint density at radius 3 is 2.04 bits per heavy atom. The van der Waals surface area contributed by atoms with Crippen molar-refractivity contribution in [1.29, 1.82) is 0 Å². The average Bonchev–Trinajstić information content (AvgIpc) is 2.94. The number of nitrogens with zero attached hydrogens (tertiary/aromatic N) is 2. The minimum atomic E-state index is -4.51. The Kier molecular flexibility index (Phi) is 5.93. The van der Waals surface area contributed by atoms with Crippen LogP contribution in [-0.4, -0.2) is 18.2 Å². The molecule has 0 aliphatic rings. The molecule has 26 heavy (non-hydrogen) atoms. The second-order valence-corrected chi connectivity index (χ2v) is 5.39. The van der Waals surface area contributed by atoms with E-state index in [-0.39, 0.29) is 5.56 Å². The van der Waals surface area contributed by atoms with Crippen LogP contribution in [0, 0.1) is 6.92 Å². The van der Waals surface area contributed by atoms with E-state index in [1.165, 1.54) is 11.6 Å². The summed E-state index contributed by atoms with van der Waals surface area (Å²) in [6, 6.07) is 15.5. The van der Waals surface area contributed by atoms with Gasteiger partial charge in [-0.15, -0.1) is 0 Å². The molecule has 0 saturated carbocycles. The Morgan fingerprint density at radius 2 is 1.54 bits per heavy atom. The lowest BCUT2D eigenvalue weighted by molar-refractivity contribution is -0.141. The molecule has 0 bridgehead atoms. The first-order chi connectivity index (χ1) is 12.3. The third-order valence-electron chi connectivity index (χ3n) is 3.58. The maximum atomic E-state index is 13.2. The zero-order chi connectivity index (χ0) is 19.3. The first-order valence-corrected chi connectivity index (χ1v) is 7.96. The molecule has 0 amide bonds. The van der Waals surface area contributed by atoms with E-state index in [2.05, 4.69) is 5.10 Å². The molecular formula is C17H14F3N3O2S. The van der Waals surface area contributed by atoms with Gasteiger partial charge in [-0.25, -0.2) is 4.68 Å². The molecule has 0 aliphatic carbocycles. The van der Waals surface area contributed by atoms with E-state index in [0.717, 1.165) is 0 Å². The fourth-order valence-corrected chi connectivity index (χ4v) is 2.50. The van der Waals surface area contributed by atoms with Crippen molar-refractivity contribution in [2.24, 2.45) is 0 Å². The number of aromatic nitrogens is 2. The van der Waals surface area contributed by atoms with E-state index in [1.807, 2.05) is 6.07 Å². The molecule has 3 aromatic rings. The maximum Gasteiger partial charge on any atom is 0.435 e. The molecular weight excluding hydrogens is 367 g/mol. The Balaban J connectivity index is 0.000000758. The van der Waals surface area contributed by atoms with Crippen LogP contribution in [0.3, 0.4) is 0 Å². The van der Waals surface area contributed by atoms with Crippen LogP contribution in [0.5, 0.6) is 0 Å². The van der Waals surface area contributed by atoms with E-state index in [1.54, 1.807) is 48.5 Å². The minimum absolute atomic E-state index is 0.0977. The van der Waals surface area contributed by atoms with Gasteiger partial charge in [0.05, 0.1) is 11.4 Å². The van der Waals surface area contributed by atoms with Gasteiger partial charge < -0.3 is 5.73 Å². The molecule has 2 N–H and O–H groups in total. The van der Waals surface area contributed by atoms with Crippen molar-refractivity contribution in [3.8, 4) is 16.9 Å². The number of nitrogen functional groups attached to an aromatic ring is 1. The number of anilines is 1. The summed E-state index contributed by atoms with van der Waals surface area (Å²) in [5, 5.41) is 3.81. The highest BCUT2D eigenvalue weighted by molar-refractivity contribution is 7.51. The quantitative estimate of drug-likeness (QED) is 0.686. The van der Waals surface area contributed by atoms with Crippen molar-refractivity contribution in [1.82, 2.24) is 9.78 Å². The highest BCUT2D eigenvalue weighted by atomic mass is 32.1. The fourth-order valence-electron chi connectivity index (χ4n) is 2.50. The summed E-state index contributed by atoms with van der Waals surface area (Å²) in [5.74, 6) is 0. The van der Waals surface area contributed by atoms with Gasteiger partial charge in [0, 0.05) is 16.8 Å². The largest absolute Gasteiger partial charge is 0.435 e. The van der Waals surface area contributed by atoms with Crippen molar-refractivity contribution in [3.05, 3.63) is 65.9 Å². The van der Waals surface area contributed by atoms with E-state index in [4.69, 9.17) is 14.2 Å². The normalized spacial score (nSPS) is 10.8. The lowest BCUT2D eigenvalue weighted by atomic mass is 10.1. The van der Waals surface area contributed by atoms with Gasteiger partial charge in [0.1, 0.15) is 0 Å². The molecule has 1 aromatic heterocycles. The molecule has 5 nitrogen and oxygen atoms in total. The zero-order valence-electron chi connectivity index (χ0n) is 13.5. The molecule has 0 radical (unpaired) electrons. The van der Waals surface area contributed by atoms with Crippen LogP contribution in [-0.2, 0) is 17.7 Å². The number of halogens is 3. The molecule has 136 valence electrons. The summed E-state index contributed by atoms with van der Waals surface area (Å²) in [5.41, 5.74) is 7.02. The molecule has 3 rings (SSSR count). The van der Waals surface area contributed by atoms with Crippen LogP contribution in [0.25, 0.3) is 16.9 Å². The molecule has 0 unspecified atom stereocenters. The van der Waals surface area contributed by atoms with E-state index >= 15 is 0 Å². The average molecular weight is 381 g/mol. The van der Waals surface area contributed by atoms with Crippen LogP contribution >= 0.6 is 0 Å². The standard InChI is InChI=1S/C17H14F3N3.O2S/c1-11-15(12-5-3-2-4-6-12)23(22-16(11)17(18,19)20)14-9-7-13(21)8-10-14;1-3-2/h2-10H,21H2,1H3;. The summed E-state index contributed by atoms with van der Waals surface area (Å²) in [6.07, 6.45) is -4.51. The van der Waals surface area contributed by atoms with Crippen molar-refractivity contribution in [2.75, 3.05) is 5.73 Å². The number of rotatable bonds is 2. The third-order valence-corrected chi connectivity index (χ3v) is 3.58. The number of hydrogen-bond acceptors (Lipinski definition) is 4. The van der Waals surface area contributed by atoms with Crippen LogP contribution in [0.15, 0.2) is 54.6 Å². The second-order valence-electron chi connectivity index (χ2n) is 5.26. The third kappa shape index (κ3) is 4.17. The summed E-state index contributed by atoms with van der Waals surface area (Å²) in [4.78, 5) is 0. The predicted molar refractivity (Wildman–Crippen MR) is 92.1 cm³/mol. The summed E-state index contributed by atoms with van der Waals surface area (Å²) in [6.45, 7) is 1.44. The van der Waals surface area contributed by atoms with Gasteiger partial charge in [0.25, 0.3) is 0 Å². The molecule has 0 aliphatic heterocycles. The number of nitrogens with two attached hydrogens (primary N) is 1. The molecule has 0 atom stereocenters. The monoisotopic (exact) mass is 381 g/mol. The SMILES string of the molecule is Cc1c(C(F)(F)F)nn(-c2ccc(N)cc2)c1-c1ccccc1.O=S=O. The molecule has 1 heterocycles. The first-order valence-electron chi connectivity index (χ1n) is 7.29. The molecule has 2 aromatic carbocycles. The van der Waals surface area contributed by atoms with Gasteiger partial charge in [0.15, 0.2) is 5.69 Å². The van der Waals surface area contributed by atoms with E-state index in [0.29, 0.717) is 22.6 Å². The Morgan fingerprint density at radius 1 is 1.00 bits per heavy atom. The summed E-state index contributed by atoms with van der Waals surface area (Å²) >= 11 is -0.750. The van der Waals surface area contributed by atoms with E-state index in [9.17, 15) is 13.2 Å². The van der Waals surface area contributed by atoms with Gasteiger partial charge in [-0.05, 0) is 31.2 Å². The van der Waals surface area contributed by atoms with Gasteiger partial charge in [-0.3, -0.25) is 0 Å². The summed E-state index contributed by atoms with van der Waals surface area (Å²) < 4.78 is 57.6. The number of alkyl halides is 3. The number of benzene rings is 2. The first kappa shape index (κ1) is 19.4. The topological polar surface area (TPSA) is 78.0 Å². The van der Waals surface area contributed by atoms with Gasteiger partial charge in [-0.1, -0.05) is 30.3 Å². The Bertz CT molecular complexity index is 917. The predicted octanol–water partition coefficient (Wildman–Crippen LogP) is 3.78. The van der Waals surface area contributed by atoms with Crippen LogP contribution in [0.4, 0.5) is 18.9 Å². The zero-order valence-corrected chi connectivity index (χ0v) is 14.3. The van der Waals surface area contributed by atoms with Crippen molar-refractivity contribution >= 4 is 17.3 Å². The molecule has 0 fully saturated rings. The Labute approximate surface area is 150 Å².